The minimum atomic E-state index is -0.324. The first-order valence-corrected chi connectivity index (χ1v) is 7.65. The van der Waals surface area contributed by atoms with Crippen molar-refractivity contribution in [3.05, 3.63) is 83.0 Å². The smallest absolute Gasteiger partial charge is 0.291 e. The third-order valence-corrected chi connectivity index (χ3v) is 3.77. The Morgan fingerprint density at radius 3 is 2.56 bits per heavy atom. The first-order valence-electron chi connectivity index (χ1n) is 7.65. The van der Waals surface area contributed by atoms with Crippen molar-refractivity contribution >= 4 is 22.5 Å². The maximum Gasteiger partial charge on any atom is 0.291 e. The molecule has 0 saturated heterocycles. The molecule has 0 unspecified atom stereocenters. The van der Waals surface area contributed by atoms with Crippen molar-refractivity contribution in [3.8, 4) is 11.4 Å². The number of fused-ring (bicyclic) bond motifs is 1. The second kappa shape index (κ2) is 6.09. The van der Waals surface area contributed by atoms with Crippen molar-refractivity contribution in [1.29, 1.82) is 0 Å². The van der Waals surface area contributed by atoms with Crippen LogP contribution in [0.2, 0.25) is 0 Å². The fraction of sp³-hybridized carbons (Fsp3) is 0. The summed E-state index contributed by atoms with van der Waals surface area (Å²) in [4.78, 5) is 31.4. The average Bonchev–Trinajstić information content (AvgIpc) is 3.17. The van der Waals surface area contributed by atoms with E-state index in [4.69, 9.17) is 4.42 Å². The molecular weight excluding hydrogens is 318 g/mol. The lowest BCUT2D eigenvalue weighted by molar-refractivity contribution is 0.0996. The van der Waals surface area contributed by atoms with E-state index in [1.54, 1.807) is 54.6 Å². The van der Waals surface area contributed by atoms with E-state index in [0.717, 1.165) is 5.56 Å². The van der Waals surface area contributed by atoms with Gasteiger partial charge in [0.15, 0.2) is 5.76 Å². The Morgan fingerprint density at radius 2 is 1.80 bits per heavy atom. The molecule has 6 heteroatoms. The normalized spacial score (nSPS) is 10.7. The fourth-order valence-corrected chi connectivity index (χ4v) is 2.54. The number of carbonyl (C=O) groups excluding carboxylic acids is 1. The second-order valence-corrected chi connectivity index (χ2v) is 5.44. The highest BCUT2D eigenvalue weighted by molar-refractivity contribution is 6.02. The van der Waals surface area contributed by atoms with Crippen molar-refractivity contribution in [2.45, 2.75) is 0 Å². The lowest BCUT2D eigenvalue weighted by Gasteiger charge is -2.06. The molecule has 1 amide bonds. The van der Waals surface area contributed by atoms with Crippen LogP contribution in [0.3, 0.4) is 0 Å². The number of aromatic amines is 1. The van der Waals surface area contributed by atoms with Crippen LogP contribution in [0.25, 0.3) is 22.3 Å². The summed E-state index contributed by atoms with van der Waals surface area (Å²) in [6, 6.07) is 17.5. The second-order valence-electron chi connectivity index (χ2n) is 5.44. The van der Waals surface area contributed by atoms with Crippen LogP contribution in [0.1, 0.15) is 10.6 Å². The van der Waals surface area contributed by atoms with Gasteiger partial charge in [-0.25, -0.2) is 4.98 Å². The molecule has 0 spiro atoms. The predicted octanol–water partition coefficient (Wildman–Crippen LogP) is 3.44. The zero-order valence-corrected chi connectivity index (χ0v) is 13.0. The zero-order chi connectivity index (χ0) is 17.2. The number of nitrogens with one attached hydrogen (secondary N) is 2. The molecule has 4 rings (SSSR count). The third kappa shape index (κ3) is 2.92. The van der Waals surface area contributed by atoms with E-state index in [1.807, 2.05) is 6.07 Å². The first-order chi connectivity index (χ1) is 12.2. The van der Waals surface area contributed by atoms with Crippen molar-refractivity contribution in [3.63, 3.8) is 0 Å². The van der Waals surface area contributed by atoms with Crippen molar-refractivity contribution in [1.82, 2.24) is 9.97 Å². The number of aromatic nitrogens is 2. The van der Waals surface area contributed by atoms with E-state index >= 15 is 0 Å². The van der Waals surface area contributed by atoms with E-state index in [1.165, 1.54) is 6.26 Å². The summed E-state index contributed by atoms with van der Waals surface area (Å²) in [6.07, 6.45) is 1.44. The van der Waals surface area contributed by atoms with E-state index < -0.39 is 0 Å². The first kappa shape index (κ1) is 14.9. The summed E-state index contributed by atoms with van der Waals surface area (Å²) in [5.74, 6) is 0.396. The number of nitrogens with zero attached hydrogens (tertiary/aromatic N) is 1. The maximum absolute atomic E-state index is 12.2. The van der Waals surface area contributed by atoms with E-state index in [9.17, 15) is 9.59 Å². The topological polar surface area (TPSA) is 88.0 Å². The molecule has 2 heterocycles. The van der Waals surface area contributed by atoms with Crippen LogP contribution in [0, 0.1) is 0 Å². The van der Waals surface area contributed by atoms with Gasteiger partial charge in [-0.1, -0.05) is 12.1 Å². The number of para-hydroxylation sites is 1. The van der Waals surface area contributed by atoms with Crippen LogP contribution >= 0.6 is 0 Å². The van der Waals surface area contributed by atoms with Gasteiger partial charge in [0.1, 0.15) is 5.82 Å². The molecule has 0 fully saturated rings. The highest BCUT2D eigenvalue weighted by Crippen LogP contribution is 2.19. The highest BCUT2D eigenvalue weighted by Gasteiger charge is 2.09. The minimum absolute atomic E-state index is 0.184. The molecule has 0 aliphatic rings. The summed E-state index contributed by atoms with van der Waals surface area (Å²) in [5, 5.41) is 3.29. The summed E-state index contributed by atoms with van der Waals surface area (Å²) >= 11 is 0. The number of rotatable bonds is 3. The minimum Gasteiger partial charge on any atom is -0.459 e. The number of furan rings is 1. The molecule has 0 radical (unpaired) electrons. The lowest BCUT2D eigenvalue weighted by Crippen LogP contribution is -2.11. The molecule has 4 aromatic rings. The number of hydrogen-bond acceptors (Lipinski definition) is 4. The molecule has 2 aromatic heterocycles. The van der Waals surface area contributed by atoms with Crippen LogP contribution in [-0.2, 0) is 0 Å². The highest BCUT2D eigenvalue weighted by atomic mass is 16.3. The van der Waals surface area contributed by atoms with Crippen molar-refractivity contribution < 1.29 is 9.21 Å². The maximum atomic E-state index is 12.2. The number of carbonyl (C=O) groups is 1. The number of anilines is 1. The molecule has 2 N–H and O–H groups in total. The van der Waals surface area contributed by atoms with Gasteiger partial charge >= 0.3 is 0 Å². The van der Waals surface area contributed by atoms with Crippen molar-refractivity contribution in [2.24, 2.45) is 0 Å². The van der Waals surface area contributed by atoms with Gasteiger partial charge in [0, 0.05) is 11.3 Å². The van der Waals surface area contributed by atoms with E-state index in [-0.39, 0.29) is 17.2 Å². The van der Waals surface area contributed by atoms with Crippen LogP contribution < -0.4 is 10.9 Å². The molecule has 25 heavy (non-hydrogen) atoms. The van der Waals surface area contributed by atoms with Gasteiger partial charge < -0.3 is 14.7 Å². The summed E-state index contributed by atoms with van der Waals surface area (Å²) in [5.41, 5.74) is 1.82. The van der Waals surface area contributed by atoms with E-state index in [0.29, 0.717) is 22.4 Å². The number of amides is 1. The van der Waals surface area contributed by atoms with Gasteiger partial charge in [-0.15, -0.1) is 0 Å². The van der Waals surface area contributed by atoms with Gasteiger partial charge in [0.25, 0.3) is 11.5 Å². The Kier molecular flexibility index (Phi) is 3.63. The largest absolute Gasteiger partial charge is 0.459 e. The average molecular weight is 331 g/mol. The van der Waals surface area contributed by atoms with Crippen LogP contribution in [-0.4, -0.2) is 15.9 Å². The third-order valence-electron chi connectivity index (χ3n) is 3.77. The fourth-order valence-electron chi connectivity index (χ4n) is 2.54. The van der Waals surface area contributed by atoms with Crippen LogP contribution in [0.15, 0.2) is 76.1 Å². The molecule has 0 aliphatic heterocycles. The molecule has 122 valence electrons. The Morgan fingerprint density at radius 1 is 1.00 bits per heavy atom. The Balaban J connectivity index is 1.62. The summed E-state index contributed by atoms with van der Waals surface area (Å²) in [7, 11) is 0. The molecule has 0 atom stereocenters. The summed E-state index contributed by atoms with van der Waals surface area (Å²) < 4.78 is 5.05. The number of benzene rings is 2. The van der Waals surface area contributed by atoms with Gasteiger partial charge in [-0.3, -0.25) is 9.59 Å². The molecule has 2 aromatic carbocycles. The van der Waals surface area contributed by atoms with Gasteiger partial charge in [-0.05, 0) is 48.5 Å². The molecule has 6 nitrogen and oxygen atoms in total. The Bertz CT molecular complexity index is 1100. The van der Waals surface area contributed by atoms with Crippen LogP contribution in [0.4, 0.5) is 5.69 Å². The van der Waals surface area contributed by atoms with Crippen molar-refractivity contribution in [2.75, 3.05) is 5.32 Å². The quantitative estimate of drug-likeness (QED) is 0.602. The van der Waals surface area contributed by atoms with Gasteiger partial charge in [0.05, 0.1) is 17.2 Å². The van der Waals surface area contributed by atoms with Gasteiger partial charge in [0.2, 0.25) is 0 Å². The molecule has 0 aliphatic carbocycles. The Labute approximate surface area is 142 Å². The lowest BCUT2D eigenvalue weighted by atomic mass is 10.1. The zero-order valence-electron chi connectivity index (χ0n) is 13.0. The monoisotopic (exact) mass is 331 g/mol. The predicted molar refractivity (Wildman–Crippen MR) is 94.5 cm³/mol. The summed E-state index contributed by atoms with van der Waals surface area (Å²) in [6.45, 7) is 0. The molecule has 0 saturated carbocycles. The van der Waals surface area contributed by atoms with E-state index in [2.05, 4.69) is 15.3 Å². The van der Waals surface area contributed by atoms with Crippen LogP contribution in [0.5, 0.6) is 0 Å². The molecule has 0 bridgehead atoms. The SMILES string of the molecule is O=C(Nc1ccc(-c2nc3ccccc3c(=O)[nH]2)cc1)c1ccco1. The standard InChI is InChI=1S/C19H13N3O3/c23-18-14-4-1-2-5-15(14)21-17(22-18)12-7-9-13(10-8-12)20-19(24)16-6-3-11-25-16/h1-11H,(H,20,24)(H,21,22,23). The van der Waals surface area contributed by atoms with Gasteiger partial charge in [-0.2, -0.15) is 0 Å². The Hall–Kier alpha value is -3.67. The number of H-pyrrole nitrogens is 1. The molecular formula is C19H13N3O3. The number of hydrogen-bond donors (Lipinski definition) is 2.